The Morgan fingerprint density at radius 1 is 1.47 bits per heavy atom. The van der Waals surface area contributed by atoms with Crippen molar-refractivity contribution in [2.75, 3.05) is 26.4 Å². The zero-order valence-electron chi connectivity index (χ0n) is 9.81. The van der Waals surface area contributed by atoms with Crippen LogP contribution in [-0.2, 0) is 9.63 Å². The first-order chi connectivity index (χ1) is 8.25. The van der Waals surface area contributed by atoms with Gasteiger partial charge in [0, 0.05) is 6.54 Å². The van der Waals surface area contributed by atoms with Crippen LogP contribution in [0.1, 0.15) is 5.56 Å². The van der Waals surface area contributed by atoms with Crippen molar-refractivity contribution < 1.29 is 14.4 Å². The van der Waals surface area contributed by atoms with Crippen molar-refractivity contribution in [2.24, 2.45) is 0 Å². The molecule has 0 spiro atoms. The third kappa shape index (κ3) is 3.44. The first kappa shape index (κ1) is 11.9. The number of carbonyl (C=O) groups excluding carboxylic acids is 1. The summed E-state index contributed by atoms with van der Waals surface area (Å²) in [6.07, 6.45) is 0. The SMILES string of the molecule is Cc1ccc(OCC(=O)N2CCONC2)cc1. The van der Waals surface area contributed by atoms with Crippen LogP contribution in [0.3, 0.4) is 0 Å². The quantitative estimate of drug-likeness (QED) is 0.839. The molecule has 0 aromatic heterocycles. The molecule has 92 valence electrons. The maximum atomic E-state index is 11.7. The van der Waals surface area contributed by atoms with Crippen LogP contribution >= 0.6 is 0 Å². The Bertz CT molecular complexity index is 372. The van der Waals surface area contributed by atoms with E-state index in [1.54, 1.807) is 4.90 Å². The molecule has 1 aromatic carbocycles. The average molecular weight is 236 g/mol. The van der Waals surface area contributed by atoms with Gasteiger partial charge >= 0.3 is 0 Å². The molecule has 0 aliphatic carbocycles. The molecule has 2 rings (SSSR count). The van der Waals surface area contributed by atoms with Gasteiger partial charge in [-0.1, -0.05) is 17.7 Å². The summed E-state index contributed by atoms with van der Waals surface area (Å²) < 4.78 is 5.42. The highest BCUT2D eigenvalue weighted by Crippen LogP contribution is 2.11. The third-order valence-corrected chi connectivity index (χ3v) is 2.56. The van der Waals surface area contributed by atoms with Crippen LogP contribution in [0.25, 0.3) is 0 Å². The van der Waals surface area contributed by atoms with Crippen LogP contribution in [0.15, 0.2) is 24.3 Å². The maximum absolute atomic E-state index is 11.7. The number of amides is 1. The van der Waals surface area contributed by atoms with Crippen molar-refractivity contribution in [3.05, 3.63) is 29.8 Å². The molecule has 1 aliphatic rings. The Hall–Kier alpha value is -1.59. The van der Waals surface area contributed by atoms with Gasteiger partial charge in [0.05, 0.1) is 13.3 Å². The van der Waals surface area contributed by atoms with E-state index in [2.05, 4.69) is 5.48 Å². The predicted molar refractivity (Wildman–Crippen MR) is 62.3 cm³/mol. The van der Waals surface area contributed by atoms with Gasteiger partial charge < -0.3 is 9.64 Å². The number of aryl methyl sites for hydroxylation is 1. The lowest BCUT2D eigenvalue weighted by atomic mass is 10.2. The molecule has 1 saturated heterocycles. The summed E-state index contributed by atoms with van der Waals surface area (Å²) in [7, 11) is 0. The monoisotopic (exact) mass is 236 g/mol. The number of hydroxylamine groups is 1. The Kier molecular flexibility index (Phi) is 3.95. The highest BCUT2D eigenvalue weighted by atomic mass is 16.6. The first-order valence-corrected chi connectivity index (χ1v) is 5.57. The minimum Gasteiger partial charge on any atom is -0.484 e. The van der Waals surface area contributed by atoms with Crippen LogP contribution in [0.4, 0.5) is 0 Å². The zero-order valence-corrected chi connectivity index (χ0v) is 9.81. The van der Waals surface area contributed by atoms with E-state index in [-0.39, 0.29) is 12.5 Å². The number of benzene rings is 1. The van der Waals surface area contributed by atoms with E-state index in [0.29, 0.717) is 25.6 Å². The number of hydrogen-bond acceptors (Lipinski definition) is 4. The van der Waals surface area contributed by atoms with Crippen LogP contribution < -0.4 is 10.2 Å². The van der Waals surface area contributed by atoms with E-state index in [0.717, 1.165) is 0 Å². The summed E-state index contributed by atoms with van der Waals surface area (Å²) in [6, 6.07) is 7.63. The second kappa shape index (κ2) is 5.65. The summed E-state index contributed by atoms with van der Waals surface area (Å²) in [5.74, 6) is 0.673. The standard InChI is InChI=1S/C12H16N2O3/c1-10-2-4-11(5-3-10)16-8-12(15)14-6-7-17-13-9-14/h2-5,13H,6-9H2,1H3. The average Bonchev–Trinajstić information content (AvgIpc) is 2.39. The van der Waals surface area contributed by atoms with Crippen molar-refractivity contribution in [1.29, 1.82) is 0 Å². The van der Waals surface area contributed by atoms with Gasteiger partial charge in [0.2, 0.25) is 0 Å². The maximum Gasteiger partial charge on any atom is 0.261 e. The molecule has 0 radical (unpaired) electrons. The van der Waals surface area contributed by atoms with E-state index < -0.39 is 0 Å². The Morgan fingerprint density at radius 2 is 2.24 bits per heavy atom. The van der Waals surface area contributed by atoms with Gasteiger partial charge in [0.25, 0.3) is 5.91 Å². The van der Waals surface area contributed by atoms with Gasteiger partial charge in [-0.3, -0.25) is 9.63 Å². The van der Waals surface area contributed by atoms with Crippen LogP contribution in [0.5, 0.6) is 5.75 Å². The smallest absolute Gasteiger partial charge is 0.261 e. The molecular weight excluding hydrogens is 220 g/mol. The summed E-state index contributed by atoms with van der Waals surface area (Å²) in [4.78, 5) is 18.3. The van der Waals surface area contributed by atoms with Gasteiger partial charge in [0.1, 0.15) is 5.75 Å². The van der Waals surface area contributed by atoms with Crippen molar-refractivity contribution in [2.45, 2.75) is 6.92 Å². The molecule has 0 bridgehead atoms. The van der Waals surface area contributed by atoms with Crippen molar-refractivity contribution in [1.82, 2.24) is 10.4 Å². The molecule has 1 fully saturated rings. The van der Waals surface area contributed by atoms with Crippen molar-refractivity contribution in [3.8, 4) is 5.75 Å². The highest BCUT2D eigenvalue weighted by Gasteiger charge is 2.16. The molecule has 1 N–H and O–H groups in total. The van der Waals surface area contributed by atoms with E-state index in [1.165, 1.54) is 5.56 Å². The predicted octanol–water partition coefficient (Wildman–Crippen LogP) is 0.695. The molecule has 5 heteroatoms. The number of rotatable bonds is 3. The molecule has 1 aliphatic heterocycles. The summed E-state index contributed by atoms with van der Waals surface area (Å²) in [5, 5.41) is 0. The molecule has 0 atom stereocenters. The minimum atomic E-state index is -0.0404. The minimum absolute atomic E-state index is 0.0404. The van der Waals surface area contributed by atoms with Gasteiger partial charge in [0.15, 0.2) is 6.61 Å². The molecule has 0 unspecified atom stereocenters. The molecule has 1 aromatic rings. The molecular formula is C12H16N2O3. The number of hydrogen-bond donors (Lipinski definition) is 1. The van der Waals surface area contributed by atoms with Gasteiger partial charge in [-0.15, -0.1) is 0 Å². The highest BCUT2D eigenvalue weighted by molar-refractivity contribution is 5.77. The van der Waals surface area contributed by atoms with Crippen molar-refractivity contribution >= 4 is 5.91 Å². The topological polar surface area (TPSA) is 50.8 Å². The Labute approximate surface area is 100 Å². The lowest BCUT2D eigenvalue weighted by Crippen LogP contribution is -2.47. The third-order valence-electron chi connectivity index (χ3n) is 2.56. The van der Waals surface area contributed by atoms with Gasteiger partial charge in [-0.2, -0.15) is 5.48 Å². The molecule has 1 amide bonds. The Morgan fingerprint density at radius 3 is 2.88 bits per heavy atom. The van der Waals surface area contributed by atoms with Crippen LogP contribution in [0.2, 0.25) is 0 Å². The van der Waals surface area contributed by atoms with E-state index in [4.69, 9.17) is 9.57 Å². The lowest BCUT2D eigenvalue weighted by Gasteiger charge is -2.26. The van der Waals surface area contributed by atoms with Crippen LogP contribution in [-0.4, -0.2) is 37.2 Å². The number of ether oxygens (including phenoxy) is 1. The molecule has 5 nitrogen and oxygen atoms in total. The lowest BCUT2D eigenvalue weighted by molar-refractivity contribution is -0.142. The fraction of sp³-hybridized carbons (Fsp3) is 0.417. The van der Waals surface area contributed by atoms with Gasteiger partial charge in [-0.25, -0.2) is 0 Å². The summed E-state index contributed by atoms with van der Waals surface area (Å²) >= 11 is 0. The second-order valence-corrected chi connectivity index (χ2v) is 3.91. The molecule has 17 heavy (non-hydrogen) atoms. The van der Waals surface area contributed by atoms with E-state index in [1.807, 2.05) is 31.2 Å². The Balaban J connectivity index is 1.81. The number of nitrogens with one attached hydrogen (secondary N) is 1. The number of carbonyl (C=O) groups is 1. The normalized spacial score (nSPS) is 15.7. The van der Waals surface area contributed by atoms with Crippen LogP contribution in [0, 0.1) is 6.92 Å². The number of nitrogens with zero attached hydrogens (tertiary/aromatic N) is 1. The van der Waals surface area contributed by atoms with Gasteiger partial charge in [-0.05, 0) is 19.1 Å². The first-order valence-electron chi connectivity index (χ1n) is 5.57. The fourth-order valence-corrected chi connectivity index (χ4v) is 1.51. The largest absolute Gasteiger partial charge is 0.484 e. The molecule has 0 saturated carbocycles. The van der Waals surface area contributed by atoms with Crippen molar-refractivity contribution in [3.63, 3.8) is 0 Å². The second-order valence-electron chi connectivity index (χ2n) is 3.91. The fourth-order valence-electron chi connectivity index (χ4n) is 1.51. The summed E-state index contributed by atoms with van der Waals surface area (Å²) in [5.41, 5.74) is 3.84. The zero-order chi connectivity index (χ0) is 12.1. The molecule has 1 heterocycles. The summed E-state index contributed by atoms with van der Waals surface area (Å²) in [6.45, 7) is 3.59. The van der Waals surface area contributed by atoms with E-state index >= 15 is 0 Å². The van der Waals surface area contributed by atoms with E-state index in [9.17, 15) is 4.79 Å².